The van der Waals surface area contributed by atoms with Gasteiger partial charge in [0.05, 0.1) is 6.07 Å². The van der Waals surface area contributed by atoms with Crippen molar-refractivity contribution in [3.63, 3.8) is 0 Å². The SMILES string of the molecule is Cc1ccc(C(C(=O)NCc2ccccc2)N(CC#N)C(=O)C(Cc2ccc(O)cc2)NC(=O)OC(C)(C)C)cc1C. The Morgan fingerprint density at radius 3 is 2.21 bits per heavy atom. The average Bonchev–Trinajstić information content (AvgIpc) is 2.93. The van der Waals surface area contributed by atoms with E-state index in [-0.39, 0.29) is 18.7 Å². The summed E-state index contributed by atoms with van der Waals surface area (Å²) in [5.74, 6) is -1.04. The summed E-state index contributed by atoms with van der Waals surface area (Å²) in [5.41, 5.74) is 3.17. The van der Waals surface area contributed by atoms with Gasteiger partial charge in [-0.25, -0.2) is 4.79 Å². The van der Waals surface area contributed by atoms with Crippen LogP contribution in [0, 0.1) is 25.2 Å². The molecule has 0 aliphatic heterocycles. The minimum Gasteiger partial charge on any atom is -0.508 e. The lowest BCUT2D eigenvalue weighted by Crippen LogP contribution is -2.53. The van der Waals surface area contributed by atoms with Crippen LogP contribution in [0.15, 0.2) is 72.8 Å². The first-order valence-corrected chi connectivity index (χ1v) is 13.7. The van der Waals surface area contributed by atoms with Gasteiger partial charge in [0.1, 0.15) is 30.0 Å². The fraction of sp³-hybridized carbons (Fsp3) is 0.333. The number of aryl methyl sites for hydroxylation is 2. The van der Waals surface area contributed by atoms with E-state index < -0.39 is 42.1 Å². The van der Waals surface area contributed by atoms with Gasteiger partial charge in [0, 0.05) is 13.0 Å². The first-order chi connectivity index (χ1) is 19.9. The molecule has 0 saturated carbocycles. The zero-order valence-corrected chi connectivity index (χ0v) is 24.7. The molecule has 2 atom stereocenters. The fourth-order valence-electron chi connectivity index (χ4n) is 4.38. The molecule has 3 aromatic carbocycles. The summed E-state index contributed by atoms with van der Waals surface area (Å²) in [6.07, 6.45) is -0.779. The van der Waals surface area contributed by atoms with Gasteiger partial charge in [-0.1, -0.05) is 60.7 Å². The predicted octanol–water partition coefficient (Wildman–Crippen LogP) is 4.85. The quantitative estimate of drug-likeness (QED) is 0.299. The Morgan fingerprint density at radius 1 is 0.952 bits per heavy atom. The fourth-order valence-corrected chi connectivity index (χ4v) is 4.38. The van der Waals surface area contributed by atoms with Crippen molar-refractivity contribution in [2.24, 2.45) is 0 Å². The molecule has 0 aromatic heterocycles. The zero-order chi connectivity index (χ0) is 30.9. The number of carbonyl (C=O) groups excluding carboxylic acids is 3. The van der Waals surface area contributed by atoms with E-state index in [4.69, 9.17) is 4.74 Å². The van der Waals surface area contributed by atoms with Crippen molar-refractivity contribution < 1.29 is 24.2 Å². The number of phenols is 1. The van der Waals surface area contributed by atoms with E-state index in [9.17, 15) is 24.8 Å². The maximum Gasteiger partial charge on any atom is 0.408 e. The molecule has 3 amide bonds. The second-order valence-electron chi connectivity index (χ2n) is 11.1. The summed E-state index contributed by atoms with van der Waals surface area (Å²) in [6.45, 7) is 8.79. The Morgan fingerprint density at radius 2 is 1.62 bits per heavy atom. The Balaban J connectivity index is 2.02. The third-order valence-corrected chi connectivity index (χ3v) is 6.61. The Bertz CT molecular complexity index is 1430. The number of carbonyl (C=O) groups is 3. The number of aromatic hydroxyl groups is 1. The summed E-state index contributed by atoms with van der Waals surface area (Å²) >= 11 is 0. The molecule has 0 saturated heterocycles. The molecule has 0 radical (unpaired) electrons. The van der Waals surface area contributed by atoms with Crippen molar-refractivity contribution in [3.8, 4) is 11.8 Å². The van der Waals surface area contributed by atoms with Crippen LogP contribution in [-0.2, 0) is 27.3 Å². The number of ether oxygens (including phenoxy) is 1. The molecular weight excluding hydrogens is 532 g/mol. The summed E-state index contributed by atoms with van der Waals surface area (Å²) in [5, 5.41) is 25.1. The average molecular weight is 571 g/mol. The van der Waals surface area contributed by atoms with Gasteiger partial charge in [0.15, 0.2) is 0 Å². The van der Waals surface area contributed by atoms with E-state index in [1.807, 2.05) is 62.4 Å². The van der Waals surface area contributed by atoms with Crippen molar-refractivity contribution in [3.05, 3.63) is 101 Å². The van der Waals surface area contributed by atoms with Gasteiger partial charge >= 0.3 is 6.09 Å². The number of alkyl carbamates (subject to hydrolysis) is 1. The highest BCUT2D eigenvalue weighted by molar-refractivity contribution is 5.92. The zero-order valence-electron chi connectivity index (χ0n) is 24.7. The van der Waals surface area contributed by atoms with Crippen LogP contribution < -0.4 is 10.6 Å². The molecule has 9 heteroatoms. The monoisotopic (exact) mass is 570 g/mol. The minimum absolute atomic E-state index is 0.0333. The van der Waals surface area contributed by atoms with Gasteiger partial charge in [0.2, 0.25) is 11.8 Å². The van der Waals surface area contributed by atoms with Crippen LogP contribution >= 0.6 is 0 Å². The lowest BCUT2D eigenvalue weighted by atomic mass is 9.97. The maximum absolute atomic E-state index is 14.2. The van der Waals surface area contributed by atoms with E-state index in [1.54, 1.807) is 39.0 Å². The van der Waals surface area contributed by atoms with Crippen molar-refractivity contribution in [2.75, 3.05) is 6.54 Å². The van der Waals surface area contributed by atoms with Gasteiger partial charge in [-0.05, 0) is 74.6 Å². The van der Waals surface area contributed by atoms with Crippen LogP contribution in [0.5, 0.6) is 5.75 Å². The molecule has 3 aromatic rings. The van der Waals surface area contributed by atoms with Crippen LogP contribution in [-0.4, -0.2) is 46.1 Å². The number of phenolic OH excluding ortho intramolecular Hbond substituents is 1. The molecule has 2 unspecified atom stereocenters. The summed E-state index contributed by atoms with van der Waals surface area (Å²) < 4.78 is 5.42. The largest absolute Gasteiger partial charge is 0.508 e. The van der Waals surface area contributed by atoms with Crippen molar-refractivity contribution >= 4 is 17.9 Å². The topological polar surface area (TPSA) is 132 Å². The maximum atomic E-state index is 14.2. The standard InChI is InChI=1S/C33H38N4O5/c1-22-11-14-26(19-23(22)2)29(30(39)35-21-25-9-7-6-8-10-25)37(18-17-34)31(40)28(36-32(41)42-33(3,4)5)20-24-12-15-27(38)16-13-24/h6-16,19,28-29,38H,18,20-21H2,1-5H3,(H,35,39)(H,36,41). The molecular formula is C33H38N4O5. The number of hydrogen-bond acceptors (Lipinski definition) is 6. The first-order valence-electron chi connectivity index (χ1n) is 13.7. The predicted molar refractivity (Wildman–Crippen MR) is 159 cm³/mol. The van der Waals surface area contributed by atoms with E-state index in [2.05, 4.69) is 10.6 Å². The summed E-state index contributed by atoms with van der Waals surface area (Å²) in [6, 6.07) is 20.7. The van der Waals surface area contributed by atoms with Gasteiger partial charge < -0.3 is 25.4 Å². The van der Waals surface area contributed by atoms with Crippen LogP contribution in [0.25, 0.3) is 0 Å². The number of nitrogens with zero attached hydrogens (tertiary/aromatic N) is 2. The molecule has 220 valence electrons. The van der Waals surface area contributed by atoms with Crippen LogP contribution in [0.3, 0.4) is 0 Å². The number of rotatable bonds is 10. The van der Waals surface area contributed by atoms with Crippen LogP contribution in [0.2, 0.25) is 0 Å². The van der Waals surface area contributed by atoms with Gasteiger partial charge in [-0.2, -0.15) is 5.26 Å². The number of benzene rings is 3. The highest BCUT2D eigenvalue weighted by Gasteiger charge is 2.36. The summed E-state index contributed by atoms with van der Waals surface area (Å²) in [4.78, 5) is 42.0. The summed E-state index contributed by atoms with van der Waals surface area (Å²) in [7, 11) is 0. The molecule has 0 bridgehead atoms. The lowest BCUT2D eigenvalue weighted by molar-refractivity contribution is -0.141. The van der Waals surface area contributed by atoms with Crippen molar-refractivity contribution in [2.45, 2.75) is 65.3 Å². The smallest absolute Gasteiger partial charge is 0.408 e. The number of hydrogen-bond donors (Lipinski definition) is 3. The molecule has 42 heavy (non-hydrogen) atoms. The van der Waals surface area contributed by atoms with E-state index in [1.165, 1.54) is 17.0 Å². The number of amides is 3. The van der Waals surface area contributed by atoms with Crippen LogP contribution in [0.4, 0.5) is 4.79 Å². The number of nitriles is 1. The number of nitrogens with one attached hydrogen (secondary N) is 2. The highest BCUT2D eigenvalue weighted by atomic mass is 16.6. The molecule has 0 heterocycles. The molecule has 3 N–H and O–H groups in total. The second-order valence-corrected chi connectivity index (χ2v) is 11.1. The molecule has 0 fully saturated rings. The minimum atomic E-state index is -1.17. The Kier molecular flexibility index (Phi) is 10.7. The van der Waals surface area contributed by atoms with Crippen molar-refractivity contribution in [1.29, 1.82) is 5.26 Å². The molecule has 9 nitrogen and oxygen atoms in total. The second kappa shape index (κ2) is 14.2. The normalized spacial score (nSPS) is 12.4. The third-order valence-electron chi connectivity index (χ3n) is 6.61. The van der Waals surface area contributed by atoms with Crippen molar-refractivity contribution in [1.82, 2.24) is 15.5 Å². The third kappa shape index (κ3) is 9.10. The first kappa shape index (κ1) is 31.7. The lowest BCUT2D eigenvalue weighted by Gasteiger charge is -2.33. The van der Waals surface area contributed by atoms with Gasteiger partial charge in [-0.3, -0.25) is 9.59 Å². The molecule has 0 aliphatic carbocycles. The molecule has 0 spiro atoms. The highest BCUT2D eigenvalue weighted by Crippen LogP contribution is 2.26. The molecule has 3 rings (SSSR count). The van der Waals surface area contributed by atoms with Gasteiger partial charge in [0.25, 0.3) is 0 Å². The van der Waals surface area contributed by atoms with E-state index in [0.717, 1.165) is 16.7 Å². The van der Waals surface area contributed by atoms with Crippen LogP contribution in [0.1, 0.15) is 54.6 Å². The van der Waals surface area contributed by atoms with Gasteiger partial charge in [-0.15, -0.1) is 0 Å². The Labute approximate surface area is 247 Å². The van der Waals surface area contributed by atoms with E-state index in [0.29, 0.717) is 11.1 Å². The van der Waals surface area contributed by atoms with E-state index >= 15 is 0 Å². The molecule has 0 aliphatic rings. The Hall–Kier alpha value is -4.84.